The highest BCUT2D eigenvalue weighted by molar-refractivity contribution is 7.11. The van der Waals surface area contributed by atoms with Gasteiger partial charge in [-0.15, -0.1) is 0 Å². The minimum Gasteiger partial charge on any atom is -0.352 e. The topological polar surface area (TPSA) is 62.3 Å². The van der Waals surface area contributed by atoms with E-state index in [0.29, 0.717) is 4.34 Å². The first kappa shape index (κ1) is 19.9. The van der Waals surface area contributed by atoms with E-state index in [1.165, 1.54) is 12.8 Å². The number of amides is 2. The Morgan fingerprint density at radius 2 is 1.65 bits per heavy atom. The average Bonchev–Trinajstić information content (AvgIpc) is 3.00. The van der Waals surface area contributed by atoms with Gasteiger partial charge in [0.2, 0.25) is 5.91 Å². The fourth-order valence-corrected chi connectivity index (χ4v) is 4.95. The smallest absolute Gasteiger partial charge is 0.275 e. The Kier molecular flexibility index (Phi) is 7.18. The number of nitrogens with one attached hydrogen (secondary N) is 1. The molecule has 0 unspecified atom stereocenters. The minimum absolute atomic E-state index is 0.0601. The van der Waals surface area contributed by atoms with Crippen LogP contribution in [-0.2, 0) is 4.79 Å². The van der Waals surface area contributed by atoms with Crippen molar-refractivity contribution in [3.05, 3.63) is 15.1 Å². The standard InChI is InChI=1S/C18H25Cl2N3O2S/c19-15-16(22-26-17(15)20)18(25)23(13-9-5-2-6-10-13)11-14(24)21-12-7-3-1-4-8-12/h12-13H,1-11H2,(H,21,24). The highest BCUT2D eigenvalue weighted by atomic mass is 35.5. The Morgan fingerprint density at radius 1 is 1.04 bits per heavy atom. The third kappa shape index (κ3) is 4.90. The van der Waals surface area contributed by atoms with Crippen molar-refractivity contribution >= 4 is 46.5 Å². The molecule has 144 valence electrons. The molecular formula is C18H25Cl2N3O2S. The van der Waals surface area contributed by atoms with Crippen molar-refractivity contribution in [2.45, 2.75) is 76.3 Å². The van der Waals surface area contributed by atoms with Gasteiger partial charge in [0.15, 0.2) is 5.69 Å². The number of hydrogen-bond donors (Lipinski definition) is 1. The predicted molar refractivity (Wildman–Crippen MR) is 105 cm³/mol. The van der Waals surface area contributed by atoms with E-state index in [2.05, 4.69) is 9.69 Å². The summed E-state index contributed by atoms with van der Waals surface area (Å²) >= 11 is 13.1. The fourth-order valence-electron chi connectivity index (χ4n) is 3.96. The maximum Gasteiger partial charge on any atom is 0.275 e. The summed E-state index contributed by atoms with van der Waals surface area (Å²) in [6.45, 7) is 0.0610. The van der Waals surface area contributed by atoms with E-state index in [4.69, 9.17) is 23.2 Å². The van der Waals surface area contributed by atoms with Gasteiger partial charge in [-0.05, 0) is 37.2 Å². The molecule has 0 saturated heterocycles. The van der Waals surface area contributed by atoms with Crippen molar-refractivity contribution in [2.24, 2.45) is 0 Å². The van der Waals surface area contributed by atoms with Crippen molar-refractivity contribution in [2.75, 3.05) is 6.54 Å². The normalized spacial score (nSPS) is 19.3. The van der Waals surface area contributed by atoms with Crippen molar-refractivity contribution in [1.29, 1.82) is 0 Å². The first-order chi connectivity index (χ1) is 12.6. The number of hydrogen-bond acceptors (Lipinski definition) is 4. The molecule has 0 radical (unpaired) electrons. The van der Waals surface area contributed by atoms with Gasteiger partial charge in [-0.1, -0.05) is 61.7 Å². The van der Waals surface area contributed by atoms with Crippen molar-refractivity contribution in [3.8, 4) is 0 Å². The molecule has 5 nitrogen and oxygen atoms in total. The zero-order valence-electron chi connectivity index (χ0n) is 14.8. The monoisotopic (exact) mass is 417 g/mol. The van der Waals surface area contributed by atoms with Crippen LogP contribution in [0, 0.1) is 0 Å². The van der Waals surface area contributed by atoms with Crippen LogP contribution in [0.3, 0.4) is 0 Å². The Hall–Kier alpha value is -0.850. The van der Waals surface area contributed by atoms with Crippen LogP contribution in [0.15, 0.2) is 0 Å². The third-order valence-electron chi connectivity index (χ3n) is 5.36. The van der Waals surface area contributed by atoms with Crippen LogP contribution in [0.4, 0.5) is 0 Å². The number of carbonyl (C=O) groups excluding carboxylic acids is 2. The van der Waals surface area contributed by atoms with E-state index in [0.717, 1.165) is 62.9 Å². The van der Waals surface area contributed by atoms with Gasteiger partial charge in [0.05, 0.1) is 0 Å². The summed E-state index contributed by atoms with van der Waals surface area (Å²) in [5.74, 6) is -0.378. The Balaban J connectivity index is 1.71. The number of rotatable bonds is 5. The molecule has 0 bridgehead atoms. The van der Waals surface area contributed by atoms with E-state index >= 15 is 0 Å². The van der Waals surface area contributed by atoms with E-state index in [1.54, 1.807) is 4.90 Å². The van der Waals surface area contributed by atoms with Crippen LogP contribution in [0.2, 0.25) is 9.36 Å². The molecule has 26 heavy (non-hydrogen) atoms. The second-order valence-corrected chi connectivity index (χ2v) is 9.00. The van der Waals surface area contributed by atoms with Gasteiger partial charge in [0.25, 0.3) is 5.91 Å². The van der Waals surface area contributed by atoms with E-state index in [9.17, 15) is 9.59 Å². The molecule has 1 aromatic heterocycles. The summed E-state index contributed by atoms with van der Waals surface area (Å²) in [6, 6.07) is 0.293. The molecule has 2 amide bonds. The zero-order valence-corrected chi connectivity index (χ0v) is 17.1. The van der Waals surface area contributed by atoms with Crippen LogP contribution in [0.25, 0.3) is 0 Å². The van der Waals surface area contributed by atoms with Gasteiger partial charge in [0.1, 0.15) is 15.9 Å². The lowest BCUT2D eigenvalue weighted by Crippen LogP contribution is -2.49. The maximum absolute atomic E-state index is 13.1. The first-order valence-corrected chi connectivity index (χ1v) is 11.0. The van der Waals surface area contributed by atoms with Gasteiger partial charge in [-0.2, -0.15) is 4.37 Å². The quantitative estimate of drug-likeness (QED) is 0.756. The lowest BCUT2D eigenvalue weighted by Gasteiger charge is -2.34. The highest BCUT2D eigenvalue weighted by Crippen LogP contribution is 2.32. The lowest BCUT2D eigenvalue weighted by atomic mass is 9.93. The van der Waals surface area contributed by atoms with Crippen molar-refractivity contribution in [3.63, 3.8) is 0 Å². The number of aromatic nitrogens is 1. The predicted octanol–water partition coefficient (Wildman–Crippen LogP) is 4.67. The van der Waals surface area contributed by atoms with Crippen LogP contribution in [0.5, 0.6) is 0 Å². The molecule has 2 aliphatic rings. The molecule has 0 aromatic carbocycles. The molecular weight excluding hydrogens is 393 g/mol. The SMILES string of the molecule is O=C(CN(C(=O)c1nsc(Cl)c1Cl)C1CCCCC1)NC1CCCCC1. The summed E-state index contributed by atoms with van der Waals surface area (Å²) in [6.07, 6.45) is 10.8. The first-order valence-electron chi connectivity index (χ1n) is 9.47. The summed E-state index contributed by atoms with van der Waals surface area (Å²) < 4.78 is 4.42. The molecule has 1 aromatic rings. The lowest BCUT2D eigenvalue weighted by molar-refractivity contribution is -0.123. The van der Waals surface area contributed by atoms with Crippen LogP contribution < -0.4 is 5.32 Å². The fraction of sp³-hybridized carbons (Fsp3) is 0.722. The van der Waals surface area contributed by atoms with Gasteiger partial charge in [-0.3, -0.25) is 9.59 Å². The van der Waals surface area contributed by atoms with Gasteiger partial charge < -0.3 is 10.2 Å². The second-order valence-electron chi connectivity index (χ2n) is 7.25. The molecule has 1 heterocycles. The summed E-state index contributed by atoms with van der Waals surface area (Å²) in [5.41, 5.74) is 0.165. The molecule has 0 atom stereocenters. The summed E-state index contributed by atoms with van der Waals surface area (Å²) in [5, 5.41) is 3.29. The van der Waals surface area contributed by atoms with Crippen LogP contribution in [0.1, 0.15) is 74.7 Å². The Morgan fingerprint density at radius 3 is 2.23 bits per heavy atom. The van der Waals surface area contributed by atoms with Crippen LogP contribution in [-0.4, -0.2) is 39.7 Å². The van der Waals surface area contributed by atoms with Crippen molar-refractivity contribution < 1.29 is 9.59 Å². The number of carbonyl (C=O) groups is 2. The zero-order chi connectivity index (χ0) is 18.5. The largest absolute Gasteiger partial charge is 0.352 e. The molecule has 0 aliphatic heterocycles. The Bertz CT molecular complexity index is 640. The molecule has 8 heteroatoms. The highest BCUT2D eigenvalue weighted by Gasteiger charge is 2.31. The van der Waals surface area contributed by atoms with E-state index in [1.807, 2.05) is 0 Å². The number of halogens is 2. The average molecular weight is 418 g/mol. The molecule has 2 fully saturated rings. The summed E-state index contributed by atoms with van der Waals surface area (Å²) in [7, 11) is 0. The molecule has 2 aliphatic carbocycles. The molecule has 1 N–H and O–H groups in total. The van der Waals surface area contributed by atoms with E-state index in [-0.39, 0.29) is 41.2 Å². The minimum atomic E-state index is -0.288. The van der Waals surface area contributed by atoms with Gasteiger partial charge >= 0.3 is 0 Å². The summed E-state index contributed by atoms with van der Waals surface area (Å²) in [4.78, 5) is 27.3. The molecule has 0 spiro atoms. The third-order valence-corrected chi connectivity index (χ3v) is 6.97. The molecule has 3 rings (SSSR count). The van der Waals surface area contributed by atoms with Gasteiger partial charge in [0, 0.05) is 12.1 Å². The second kappa shape index (κ2) is 9.38. The number of nitrogens with zero attached hydrogens (tertiary/aromatic N) is 2. The van der Waals surface area contributed by atoms with Gasteiger partial charge in [-0.25, -0.2) is 0 Å². The molecule has 2 saturated carbocycles. The van der Waals surface area contributed by atoms with E-state index < -0.39 is 0 Å². The maximum atomic E-state index is 13.1. The van der Waals surface area contributed by atoms with Crippen LogP contribution >= 0.6 is 34.7 Å². The van der Waals surface area contributed by atoms with Crippen molar-refractivity contribution in [1.82, 2.24) is 14.6 Å². The Labute approximate surface area is 168 Å².